The molecule has 1 fully saturated rings. The number of carbonyl (C=O) groups is 1. The normalized spacial score (nSPS) is 22.1. The zero-order valence-corrected chi connectivity index (χ0v) is 8.68. The van der Waals surface area contributed by atoms with Gasteiger partial charge < -0.3 is 5.32 Å². The van der Waals surface area contributed by atoms with Crippen LogP contribution in [0.25, 0.3) is 0 Å². The molecular weight excluding hydrogens is 174 g/mol. The number of rotatable bonds is 2. The largest absolute Gasteiger partial charge is 0.350 e. The number of nitrogens with one attached hydrogen (secondary N) is 1. The lowest BCUT2D eigenvalue weighted by Gasteiger charge is -2.27. The molecule has 2 aliphatic carbocycles. The maximum absolute atomic E-state index is 11.8. The van der Waals surface area contributed by atoms with Crippen molar-refractivity contribution in [1.29, 1.82) is 0 Å². The molecule has 0 aromatic rings. The maximum atomic E-state index is 11.8. The third kappa shape index (κ3) is 1.89. The summed E-state index contributed by atoms with van der Waals surface area (Å²) in [5.41, 5.74) is 2.12. The molecule has 1 amide bonds. The minimum absolute atomic E-state index is 0.163. The first-order valence-corrected chi connectivity index (χ1v) is 5.44. The van der Waals surface area contributed by atoms with E-state index in [2.05, 4.69) is 17.5 Å². The van der Waals surface area contributed by atoms with Crippen LogP contribution in [0.4, 0.5) is 0 Å². The molecule has 0 spiro atoms. The Morgan fingerprint density at radius 3 is 2.86 bits per heavy atom. The molecule has 0 aromatic heterocycles. The standard InChI is InChI=1S/C12H17NO/c1-9-5-2-3-8-11(9)12(14)13-10-6-4-7-10/h2,5,10H,3-4,6-8H2,1H3,(H,13,14). The third-order valence-corrected chi connectivity index (χ3v) is 3.12. The van der Waals surface area contributed by atoms with Crippen LogP contribution in [0.2, 0.25) is 0 Å². The van der Waals surface area contributed by atoms with Crippen molar-refractivity contribution >= 4 is 5.91 Å². The fraction of sp³-hybridized carbons (Fsp3) is 0.583. The Bertz CT molecular complexity index is 297. The fourth-order valence-electron chi connectivity index (χ4n) is 1.90. The SMILES string of the molecule is CC1=C(C(=O)NC2CCC2)CCC=C1. The Balaban J connectivity index is 1.98. The Labute approximate surface area is 85.1 Å². The van der Waals surface area contributed by atoms with Gasteiger partial charge in [-0.1, -0.05) is 12.2 Å². The molecule has 14 heavy (non-hydrogen) atoms. The van der Waals surface area contributed by atoms with Crippen LogP contribution in [0.1, 0.15) is 39.0 Å². The van der Waals surface area contributed by atoms with Crippen LogP contribution in [-0.4, -0.2) is 11.9 Å². The van der Waals surface area contributed by atoms with Crippen molar-refractivity contribution < 1.29 is 4.79 Å². The van der Waals surface area contributed by atoms with Crippen LogP contribution in [0.3, 0.4) is 0 Å². The molecule has 0 bridgehead atoms. The molecule has 2 heteroatoms. The van der Waals surface area contributed by atoms with Gasteiger partial charge in [0.2, 0.25) is 5.91 Å². The second kappa shape index (κ2) is 3.99. The summed E-state index contributed by atoms with van der Waals surface area (Å²) < 4.78 is 0. The highest BCUT2D eigenvalue weighted by Gasteiger charge is 2.22. The first-order chi connectivity index (χ1) is 6.77. The maximum Gasteiger partial charge on any atom is 0.247 e. The van der Waals surface area contributed by atoms with Crippen molar-refractivity contribution in [3.63, 3.8) is 0 Å². The predicted octanol–water partition coefficient (Wildman–Crippen LogP) is 2.32. The van der Waals surface area contributed by atoms with E-state index in [4.69, 9.17) is 0 Å². The van der Waals surface area contributed by atoms with E-state index in [1.807, 2.05) is 6.92 Å². The van der Waals surface area contributed by atoms with E-state index in [0.717, 1.165) is 36.8 Å². The van der Waals surface area contributed by atoms with Crippen molar-refractivity contribution in [2.45, 2.75) is 45.1 Å². The second-order valence-corrected chi connectivity index (χ2v) is 4.20. The number of amides is 1. The van der Waals surface area contributed by atoms with Crippen LogP contribution in [-0.2, 0) is 4.79 Å². The molecule has 2 rings (SSSR count). The van der Waals surface area contributed by atoms with Gasteiger partial charge >= 0.3 is 0 Å². The minimum atomic E-state index is 0.163. The van der Waals surface area contributed by atoms with Crippen LogP contribution in [0, 0.1) is 0 Å². The topological polar surface area (TPSA) is 29.1 Å². The monoisotopic (exact) mass is 191 g/mol. The van der Waals surface area contributed by atoms with Crippen molar-refractivity contribution in [1.82, 2.24) is 5.32 Å². The highest BCUT2D eigenvalue weighted by Crippen LogP contribution is 2.22. The molecule has 0 unspecified atom stereocenters. The Kier molecular flexibility index (Phi) is 2.71. The summed E-state index contributed by atoms with van der Waals surface area (Å²) in [4.78, 5) is 11.8. The van der Waals surface area contributed by atoms with Crippen molar-refractivity contribution in [2.24, 2.45) is 0 Å². The Morgan fingerprint density at radius 2 is 2.29 bits per heavy atom. The third-order valence-electron chi connectivity index (χ3n) is 3.12. The molecule has 1 N–H and O–H groups in total. The predicted molar refractivity (Wildman–Crippen MR) is 56.9 cm³/mol. The zero-order chi connectivity index (χ0) is 9.97. The van der Waals surface area contributed by atoms with Gasteiger partial charge in [-0.25, -0.2) is 0 Å². The summed E-state index contributed by atoms with van der Waals surface area (Å²) in [5.74, 6) is 0.163. The fourth-order valence-corrected chi connectivity index (χ4v) is 1.90. The van der Waals surface area contributed by atoms with Crippen LogP contribution < -0.4 is 5.32 Å². The summed E-state index contributed by atoms with van der Waals surface area (Å²) in [6.45, 7) is 2.02. The van der Waals surface area contributed by atoms with E-state index in [9.17, 15) is 4.79 Å². The van der Waals surface area contributed by atoms with Crippen LogP contribution in [0.15, 0.2) is 23.3 Å². The number of allylic oxidation sites excluding steroid dienone is 3. The van der Waals surface area contributed by atoms with E-state index in [1.54, 1.807) is 0 Å². The lowest BCUT2D eigenvalue weighted by Crippen LogP contribution is -2.40. The van der Waals surface area contributed by atoms with E-state index in [0.29, 0.717) is 6.04 Å². The van der Waals surface area contributed by atoms with Gasteiger partial charge in [-0.2, -0.15) is 0 Å². The lowest BCUT2D eigenvalue weighted by molar-refractivity contribution is -0.118. The van der Waals surface area contributed by atoms with Gasteiger partial charge in [-0.3, -0.25) is 4.79 Å². The number of carbonyl (C=O) groups excluding carboxylic acids is 1. The van der Waals surface area contributed by atoms with Gasteiger partial charge in [0.05, 0.1) is 0 Å². The highest BCUT2D eigenvalue weighted by molar-refractivity contribution is 5.95. The Hall–Kier alpha value is -1.05. The van der Waals surface area contributed by atoms with Gasteiger partial charge in [0.25, 0.3) is 0 Å². The smallest absolute Gasteiger partial charge is 0.247 e. The van der Waals surface area contributed by atoms with Crippen LogP contribution >= 0.6 is 0 Å². The molecule has 0 aromatic carbocycles. The van der Waals surface area contributed by atoms with Crippen molar-refractivity contribution in [3.05, 3.63) is 23.3 Å². The van der Waals surface area contributed by atoms with Crippen LogP contribution in [0.5, 0.6) is 0 Å². The molecule has 0 saturated heterocycles. The summed E-state index contributed by atoms with van der Waals surface area (Å²) in [6.07, 6.45) is 9.69. The van der Waals surface area contributed by atoms with E-state index in [1.165, 1.54) is 6.42 Å². The molecule has 2 nitrogen and oxygen atoms in total. The zero-order valence-electron chi connectivity index (χ0n) is 8.68. The van der Waals surface area contributed by atoms with E-state index < -0.39 is 0 Å². The lowest BCUT2D eigenvalue weighted by atomic mass is 9.91. The first kappa shape index (κ1) is 9.50. The average Bonchev–Trinajstić information content (AvgIpc) is 2.12. The molecule has 0 aliphatic heterocycles. The molecule has 76 valence electrons. The summed E-state index contributed by atoms with van der Waals surface area (Å²) in [5, 5.41) is 3.09. The quantitative estimate of drug-likeness (QED) is 0.713. The summed E-state index contributed by atoms with van der Waals surface area (Å²) in [6, 6.07) is 0.453. The van der Waals surface area contributed by atoms with E-state index in [-0.39, 0.29) is 5.91 Å². The van der Waals surface area contributed by atoms with Gasteiger partial charge in [-0.15, -0.1) is 0 Å². The highest BCUT2D eigenvalue weighted by atomic mass is 16.1. The molecule has 1 saturated carbocycles. The summed E-state index contributed by atoms with van der Waals surface area (Å²) in [7, 11) is 0. The molecule has 0 heterocycles. The Morgan fingerprint density at radius 1 is 1.50 bits per heavy atom. The van der Waals surface area contributed by atoms with Gasteiger partial charge in [0, 0.05) is 11.6 Å². The molecule has 0 radical (unpaired) electrons. The van der Waals surface area contributed by atoms with E-state index >= 15 is 0 Å². The molecular formula is C12H17NO. The molecule has 2 aliphatic rings. The first-order valence-electron chi connectivity index (χ1n) is 5.44. The van der Waals surface area contributed by atoms with Gasteiger partial charge in [0.1, 0.15) is 0 Å². The number of hydrogen-bond acceptors (Lipinski definition) is 1. The average molecular weight is 191 g/mol. The second-order valence-electron chi connectivity index (χ2n) is 4.20. The number of hydrogen-bond donors (Lipinski definition) is 1. The minimum Gasteiger partial charge on any atom is -0.350 e. The molecule has 0 atom stereocenters. The van der Waals surface area contributed by atoms with Crippen molar-refractivity contribution in [3.8, 4) is 0 Å². The summed E-state index contributed by atoms with van der Waals surface area (Å²) >= 11 is 0. The van der Waals surface area contributed by atoms with Crippen molar-refractivity contribution in [2.75, 3.05) is 0 Å². The van der Waals surface area contributed by atoms with Gasteiger partial charge in [-0.05, 0) is 44.6 Å². The van der Waals surface area contributed by atoms with Gasteiger partial charge in [0.15, 0.2) is 0 Å².